The summed E-state index contributed by atoms with van der Waals surface area (Å²) in [6.07, 6.45) is -0.331. The van der Waals surface area contributed by atoms with E-state index in [1.54, 1.807) is 6.92 Å². The second-order valence-electron chi connectivity index (χ2n) is 4.82. The fraction of sp³-hybridized carbons (Fsp3) is 0.417. The van der Waals surface area contributed by atoms with Crippen LogP contribution in [0.5, 0.6) is 5.75 Å². The first-order valence-electron chi connectivity index (χ1n) is 5.06. The maximum Gasteiger partial charge on any atom is 0.206 e. The van der Waals surface area contributed by atoms with Gasteiger partial charge in [-0.25, -0.2) is 0 Å². The van der Waals surface area contributed by atoms with Crippen LogP contribution in [-0.2, 0) is 0 Å². The van der Waals surface area contributed by atoms with E-state index in [4.69, 9.17) is 4.74 Å². The summed E-state index contributed by atoms with van der Waals surface area (Å²) >= 11 is 0. The maximum absolute atomic E-state index is 11.7. The highest BCUT2D eigenvalue weighted by atomic mass is 16.5. The van der Waals surface area contributed by atoms with E-state index in [0.29, 0.717) is 15.8 Å². The minimum Gasteiger partial charge on any atom is -0.482 e. The van der Waals surface area contributed by atoms with E-state index < -0.39 is 0 Å². The highest BCUT2D eigenvalue weighted by Crippen LogP contribution is 2.32. The molecule has 80 valence electrons. The number of ketones is 1. The fourth-order valence-corrected chi connectivity index (χ4v) is 1.69. The first kappa shape index (κ1) is 10.2. The van der Waals surface area contributed by atoms with Gasteiger partial charge in [-0.3, -0.25) is 9.28 Å². The maximum atomic E-state index is 11.7. The Balaban J connectivity index is 2.49. The van der Waals surface area contributed by atoms with Crippen molar-refractivity contribution < 1.29 is 9.53 Å². The third kappa shape index (κ3) is 1.63. The van der Waals surface area contributed by atoms with Crippen molar-refractivity contribution >= 4 is 11.5 Å². The zero-order valence-corrected chi connectivity index (χ0v) is 9.57. The fourth-order valence-electron chi connectivity index (χ4n) is 1.69. The van der Waals surface area contributed by atoms with Gasteiger partial charge in [-0.1, -0.05) is 0 Å². The molecule has 0 radical (unpaired) electrons. The minimum atomic E-state index is -0.331. The molecule has 1 unspecified atom stereocenters. The predicted molar refractivity (Wildman–Crippen MR) is 60.4 cm³/mol. The quantitative estimate of drug-likeness (QED) is 0.655. The van der Waals surface area contributed by atoms with Gasteiger partial charge in [0.15, 0.2) is 6.10 Å². The smallest absolute Gasteiger partial charge is 0.206 e. The molecule has 0 amide bonds. The van der Waals surface area contributed by atoms with Gasteiger partial charge in [0.2, 0.25) is 5.78 Å². The van der Waals surface area contributed by atoms with Gasteiger partial charge >= 0.3 is 0 Å². The van der Waals surface area contributed by atoms with Crippen LogP contribution in [0.2, 0.25) is 0 Å². The van der Waals surface area contributed by atoms with Crippen LogP contribution in [0.3, 0.4) is 0 Å². The van der Waals surface area contributed by atoms with E-state index in [9.17, 15) is 4.79 Å². The van der Waals surface area contributed by atoms with Crippen molar-refractivity contribution in [3.05, 3.63) is 23.8 Å². The van der Waals surface area contributed by atoms with Gasteiger partial charge in [0.25, 0.3) is 0 Å². The zero-order valence-electron chi connectivity index (χ0n) is 9.57. The summed E-state index contributed by atoms with van der Waals surface area (Å²) in [6.45, 7) is 1.79. The van der Waals surface area contributed by atoms with Crippen LogP contribution in [0.1, 0.15) is 17.3 Å². The van der Waals surface area contributed by atoms with Gasteiger partial charge in [-0.15, -0.1) is 0 Å². The van der Waals surface area contributed by atoms with Crippen LogP contribution in [0.15, 0.2) is 18.2 Å². The topological polar surface area (TPSA) is 26.3 Å². The molecule has 1 aliphatic rings. The first-order chi connectivity index (χ1) is 6.89. The Morgan fingerprint density at radius 3 is 2.53 bits per heavy atom. The molecular formula is C12H16NO2+. The molecule has 15 heavy (non-hydrogen) atoms. The van der Waals surface area contributed by atoms with Crippen LogP contribution in [0.4, 0.5) is 5.69 Å². The second kappa shape index (κ2) is 3.07. The third-order valence-electron chi connectivity index (χ3n) is 2.68. The molecule has 0 bridgehead atoms. The summed E-state index contributed by atoms with van der Waals surface area (Å²) in [7, 11) is 6.22. The van der Waals surface area contributed by atoms with Gasteiger partial charge in [0, 0.05) is 12.1 Å². The average molecular weight is 206 g/mol. The Morgan fingerprint density at radius 2 is 1.93 bits per heavy atom. The monoisotopic (exact) mass is 206 g/mol. The second-order valence-corrected chi connectivity index (χ2v) is 4.82. The van der Waals surface area contributed by atoms with E-state index in [-0.39, 0.29) is 11.9 Å². The standard InChI is InChI=1S/C12H16NO2/c1-8-12(14)10-7-9(13(2,3)4)5-6-11(10)15-8/h5-8H,1-4H3/q+1. The number of hydrogen-bond donors (Lipinski definition) is 0. The van der Waals surface area contributed by atoms with Crippen molar-refractivity contribution in [1.29, 1.82) is 0 Å². The Hall–Kier alpha value is -1.35. The summed E-state index contributed by atoms with van der Waals surface area (Å²) in [4.78, 5) is 11.7. The van der Waals surface area contributed by atoms with Crippen LogP contribution in [0, 0.1) is 0 Å². The molecule has 0 N–H and O–H groups in total. The number of hydrogen-bond acceptors (Lipinski definition) is 2. The summed E-state index contributed by atoms with van der Waals surface area (Å²) < 4.78 is 6.13. The number of nitrogens with zero attached hydrogens (tertiary/aromatic N) is 1. The third-order valence-corrected chi connectivity index (χ3v) is 2.68. The molecule has 0 aromatic heterocycles. The lowest BCUT2D eigenvalue weighted by molar-refractivity contribution is 0.0878. The summed E-state index contributed by atoms with van der Waals surface area (Å²) in [5, 5.41) is 0. The highest BCUT2D eigenvalue weighted by Gasteiger charge is 2.30. The molecule has 3 nitrogen and oxygen atoms in total. The average Bonchev–Trinajstić information content (AvgIpc) is 2.41. The number of Topliss-reactive ketones (excluding diaryl/α,β-unsaturated/α-hetero) is 1. The van der Waals surface area contributed by atoms with Gasteiger partial charge in [-0.2, -0.15) is 0 Å². The molecule has 1 atom stereocenters. The SMILES string of the molecule is CC1Oc2ccc([N+](C)(C)C)cc2C1=O. The number of quaternary nitrogens is 1. The Bertz CT molecular complexity index is 418. The van der Waals surface area contributed by atoms with Crippen molar-refractivity contribution in [2.45, 2.75) is 13.0 Å². The van der Waals surface area contributed by atoms with Crippen LogP contribution >= 0.6 is 0 Å². The normalized spacial score (nSPS) is 20.0. The van der Waals surface area contributed by atoms with Crippen molar-refractivity contribution in [2.75, 3.05) is 21.1 Å². The van der Waals surface area contributed by atoms with E-state index in [1.165, 1.54) is 0 Å². The molecular weight excluding hydrogens is 190 g/mol. The van der Waals surface area contributed by atoms with Gasteiger partial charge in [0.05, 0.1) is 26.7 Å². The van der Waals surface area contributed by atoms with Crippen molar-refractivity contribution in [2.24, 2.45) is 0 Å². The molecule has 0 saturated heterocycles. The van der Waals surface area contributed by atoms with Crippen LogP contribution in [0.25, 0.3) is 0 Å². The molecule has 0 saturated carbocycles. The number of rotatable bonds is 1. The molecule has 1 aromatic rings. The molecule has 0 aliphatic carbocycles. The molecule has 1 heterocycles. The summed E-state index contributed by atoms with van der Waals surface area (Å²) in [5.41, 5.74) is 1.83. The molecule has 2 rings (SSSR count). The number of carbonyl (C=O) groups excluding carboxylic acids is 1. The van der Waals surface area contributed by atoms with E-state index in [1.807, 2.05) is 18.2 Å². The van der Waals surface area contributed by atoms with Crippen LogP contribution < -0.4 is 9.22 Å². The Morgan fingerprint density at radius 1 is 1.27 bits per heavy atom. The highest BCUT2D eigenvalue weighted by molar-refractivity contribution is 6.04. The largest absolute Gasteiger partial charge is 0.482 e. The minimum absolute atomic E-state index is 0.0836. The van der Waals surface area contributed by atoms with Gasteiger partial charge in [0.1, 0.15) is 11.4 Å². The van der Waals surface area contributed by atoms with Gasteiger partial charge in [-0.05, 0) is 13.0 Å². The Kier molecular flexibility index (Phi) is 2.08. The van der Waals surface area contributed by atoms with Gasteiger partial charge < -0.3 is 4.74 Å². The molecule has 1 aliphatic heterocycles. The van der Waals surface area contributed by atoms with E-state index in [0.717, 1.165) is 5.69 Å². The molecule has 1 aromatic carbocycles. The number of ether oxygens (including phenoxy) is 1. The molecule has 0 fully saturated rings. The number of carbonyl (C=O) groups is 1. The van der Waals surface area contributed by atoms with E-state index in [2.05, 4.69) is 21.1 Å². The summed E-state index contributed by atoms with van der Waals surface area (Å²) in [6, 6.07) is 5.82. The first-order valence-corrected chi connectivity index (χ1v) is 5.06. The molecule has 3 heteroatoms. The lowest BCUT2D eigenvalue weighted by Gasteiger charge is -2.23. The van der Waals surface area contributed by atoms with Crippen LogP contribution in [-0.4, -0.2) is 33.0 Å². The summed E-state index contributed by atoms with van der Waals surface area (Å²) in [5.74, 6) is 0.796. The van der Waals surface area contributed by atoms with E-state index >= 15 is 0 Å². The molecule has 0 spiro atoms. The van der Waals surface area contributed by atoms with Crippen molar-refractivity contribution in [3.8, 4) is 5.75 Å². The Labute approximate surface area is 89.9 Å². The number of benzene rings is 1. The lowest BCUT2D eigenvalue weighted by atomic mass is 10.1. The van der Waals surface area contributed by atoms with Crippen molar-refractivity contribution in [3.63, 3.8) is 0 Å². The predicted octanol–water partition coefficient (Wildman–Crippen LogP) is 1.85. The van der Waals surface area contributed by atoms with Crippen molar-refractivity contribution in [1.82, 2.24) is 4.48 Å². The lowest BCUT2D eigenvalue weighted by Crippen LogP contribution is -2.34. The zero-order chi connectivity index (χ0) is 11.2. The number of fused-ring (bicyclic) bond motifs is 1.